The molecule has 0 spiro atoms. The fraction of sp³-hybridized carbons (Fsp3) is 0.806. The number of Topliss-reactive ketones (excluding diaryl/α,β-unsaturated/α-hetero) is 1. The van der Waals surface area contributed by atoms with Crippen molar-refractivity contribution in [3.05, 3.63) is 0 Å². The van der Waals surface area contributed by atoms with Crippen LogP contribution in [-0.2, 0) is 28.7 Å². The molecule has 2 fully saturated rings. The molecule has 2 rings (SSSR count). The van der Waals surface area contributed by atoms with E-state index in [1.54, 1.807) is 55.4 Å². The van der Waals surface area contributed by atoms with E-state index in [0.29, 0.717) is 12.8 Å². The molecule has 1 aliphatic carbocycles. The predicted octanol–water partition coefficient (Wildman–Crippen LogP) is 2.28. The zero-order valence-corrected chi connectivity index (χ0v) is 27.5. The number of ketones is 1. The monoisotopic (exact) mass is 607 g/mol. The highest BCUT2D eigenvalue weighted by Crippen LogP contribution is 2.35. The van der Waals surface area contributed by atoms with Gasteiger partial charge >= 0.3 is 12.0 Å². The Labute approximate surface area is 256 Å². The van der Waals surface area contributed by atoms with E-state index in [2.05, 4.69) is 16.0 Å². The summed E-state index contributed by atoms with van der Waals surface area (Å²) < 4.78 is 5.47. The number of nitrogens with two attached hydrogens (primary N) is 1. The van der Waals surface area contributed by atoms with Gasteiger partial charge in [-0.3, -0.25) is 19.2 Å². The number of nitrogens with one attached hydrogen (secondary N) is 3. The zero-order valence-electron chi connectivity index (χ0n) is 27.5. The van der Waals surface area contributed by atoms with Crippen LogP contribution in [0.2, 0.25) is 0 Å². The lowest BCUT2D eigenvalue weighted by molar-refractivity contribution is -0.158. The van der Waals surface area contributed by atoms with Crippen molar-refractivity contribution >= 4 is 35.5 Å². The summed E-state index contributed by atoms with van der Waals surface area (Å²) in [7, 11) is 0. The molecule has 1 heterocycles. The lowest BCUT2D eigenvalue weighted by Crippen LogP contribution is -2.62. The molecule has 0 radical (unpaired) electrons. The van der Waals surface area contributed by atoms with E-state index in [0.717, 1.165) is 12.8 Å². The number of carbonyl (C=O) groups is 6. The van der Waals surface area contributed by atoms with Crippen LogP contribution in [0.25, 0.3) is 0 Å². The Kier molecular flexibility index (Phi) is 11.8. The normalized spacial score (nSPS) is 21.2. The standard InChI is InChI=1S/C31H53N5O7/c1-16(2)19-13-14-36(22(19)26(39)33-20(15-18-11-12-18)23(37)25(32)38)27(40)24(30(5,6)7)35-29(42)34-21(17(3)4)28(41)43-31(8,9)10/h16-22,24H,11-15H2,1-10H3,(H2,32,38)(H,33,39)(H2,34,35,42)/t19-,20?,21+,22+,24-/m1/s1. The first kappa shape index (κ1) is 36.0. The highest BCUT2D eigenvalue weighted by atomic mass is 16.6. The number of nitrogens with zero attached hydrogens (tertiary/aromatic N) is 1. The van der Waals surface area contributed by atoms with Crippen molar-refractivity contribution < 1.29 is 33.5 Å². The SMILES string of the molecule is CC(C)[C@H](NC(=O)N[C@H](C(=O)N1CC[C@H](C(C)C)[C@H]1C(=O)NC(CC1CC1)C(=O)C(N)=O)C(C)(C)C)C(=O)OC(C)(C)C. The van der Waals surface area contributed by atoms with E-state index >= 15 is 0 Å². The molecule has 12 nitrogen and oxygen atoms in total. The summed E-state index contributed by atoms with van der Waals surface area (Å²) in [6, 6.07) is -4.66. The average molecular weight is 608 g/mol. The van der Waals surface area contributed by atoms with Gasteiger partial charge < -0.3 is 31.3 Å². The maximum absolute atomic E-state index is 14.1. The molecule has 5 amide bonds. The smallest absolute Gasteiger partial charge is 0.329 e. The first-order chi connectivity index (χ1) is 19.6. The molecule has 0 aromatic carbocycles. The third-order valence-electron chi connectivity index (χ3n) is 8.00. The topological polar surface area (TPSA) is 177 Å². The number of hydrogen-bond donors (Lipinski definition) is 4. The van der Waals surface area contributed by atoms with Crippen molar-refractivity contribution in [1.29, 1.82) is 0 Å². The van der Waals surface area contributed by atoms with Crippen molar-refractivity contribution in [2.24, 2.45) is 34.8 Å². The number of rotatable bonds is 12. The maximum Gasteiger partial charge on any atom is 0.329 e. The second-order valence-corrected chi connectivity index (χ2v) is 14.8. The first-order valence-electron chi connectivity index (χ1n) is 15.4. The summed E-state index contributed by atoms with van der Waals surface area (Å²) >= 11 is 0. The fourth-order valence-corrected chi connectivity index (χ4v) is 5.44. The summed E-state index contributed by atoms with van der Waals surface area (Å²) in [5.41, 5.74) is 3.76. The molecular weight excluding hydrogens is 554 g/mol. The van der Waals surface area contributed by atoms with Crippen molar-refractivity contribution in [3.8, 4) is 0 Å². The molecule has 244 valence electrons. The van der Waals surface area contributed by atoms with Gasteiger partial charge in [-0.05, 0) is 62.7 Å². The number of carbonyl (C=O) groups excluding carboxylic acids is 6. The summed E-state index contributed by atoms with van der Waals surface area (Å²) in [6.07, 6.45) is 2.69. The van der Waals surface area contributed by atoms with E-state index in [1.165, 1.54) is 4.90 Å². The average Bonchev–Trinajstić information content (AvgIpc) is 3.55. The number of urea groups is 1. The van der Waals surface area contributed by atoms with Gasteiger partial charge in [-0.15, -0.1) is 0 Å². The van der Waals surface area contributed by atoms with Crippen LogP contribution >= 0.6 is 0 Å². The highest BCUT2D eigenvalue weighted by molar-refractivity contribution is 6.37. The number of primary amides is 1. The van der Waals surface area contributed by atoms with E-state index < -0.39 is 70.7 Å². The first-order valence-corrected chi connectivity index (χ1v) is 15.4. The second-order valence-electron chi connectivity index (χ2n) is 14.8. The summed E-state index contributed by atoms with van der Waals surface area (Å²) in [6.45, 7) is 18.4. The van der Waals surface area contributed by atoms with Crippen LogP contribution in [0.4, 0.5) is 4.79 Å². The molecule has 1 saturated heterocycles. The number of ether oxygens (including phenoxy) is 1. The minimum atomic E-state index is -1.11. The van der Waals surface area contributed by atoms with Crippen LogP contribution in [0.3, 0.4) is 0 Å². The van der Waals surface area contributed by atoms with Gasteiger partial charge in [0, 0.05) is 6.54 Å². The van der Waals surface area contributed by atoms with Crippen molar-refractivity contribution in [2.75, 3.05) is 6.54 Å². The van der Waals surface area contributed by atoms with Gasteiger partial charge in [-0.1, -0.05) is 61.3 Å². The molecule has 2 aliphatic rings. The third-order valence-corrected chi connectivity index (χ3v) is 8.00. The molecule has 0 aromatic rings. The van der Waals surface area contributed by atoms with Crippen LogP contribution in [0, 0.1) is 29.1 Å². The molecular formula is C31H53N5O7. The Morgan fingerprint density at radius 2 is 1.47 bits per heavy atom. The Bertz CT molecular complexity index is 1070. The second kappa shape index (κ2) is 14.1. The van der Waals surface area contributed by atoms with Gasteiger partial charge in [0.2, 0.25) is 17.6 Å². The Hall–Kier alpha value is -3.18. The van der Waals surface area contributed by atoms with Crippen LogP contribution in [0.1, 0.15) is 94.9 Å². The van der Waals surface area contributed by atoms with Crippen molar-refractivity contribution in [2.45, 2.75) is 125 Å². The Morgan fingerprint density at radius 3 is 1.91 bits per heavy atom. The van der Waals surface area contributed by atoms with Gasteiger partial charge in [-0.25, -0.2) is 9.59 Å². The Balaban J connectivity index is 2.30. The zero-order chi connectivity index (χ0) is 33.0. The molecule has 0 bridgehead atoms. The maximum atomic E-state index is 14.1. The van der Waals surface area contributed by atoms with Crippen molar-refractivity contribution in [1.82, 2.24) is 20.9 Å². The summed E-state index contributed by atoms with van der Waals surface area (Å²) in [4.78, 5) is 79.6. The van der Waals surface area contributed by atoms with Crippen molar-refractivity contribution in [3.63, 3.8) is 0 Å². The fourth-order valence-electron chi connectivity index (χ4n) is 5.44. The highest BCUT2D eigenvalue weighted by Gasteiger charge is 2.48. The minimum absolute atomic E-state index is 0.0345. The molecule has 1 saturated carbocycles. The van der Waals surface area contributed by atoms with Gasteiger partial charge in [0.15, 0.2) is 0 Å². The number of esters is 1. The summed E-state index contributed by atoms with van der Waals surface area (Å²) in [5, 5.41) is 8.15. The predicted molar refractivity (Wildman–Crippen MR) is 161 cm³/mol. The number of hydrogen-bond acceptors (Lipinski definition) is 7. The lowest BCUT2D eigenvalue weighted by Gasteiger charge is -2.37. The summed E-state index contributed by atoms with van der Waals surface area (Å²) in [5.74, 6) is -3.75. The van der Waals surface area contributed by atoms with E-state index in [4.69, 9.17) is 10.5 Å². The van der Waals surface area contributed by atoms with Gasteiger partial charge in [-0.2, -0.15) is 0 Å². The Morgan fingerprint density at radius 1 is 0.884 bits per heavy atom. The molecule has 0 aromatic heterocycles. The molecule has 5 N–H and O–H groups in total. The van der Waals surface area contributed by atoms with Crippen LogP contribution in [0.5, 0.6) is 0 Å². The minimum Gasteiger partial charge on any atom is -0.458 e. The van der Waals surface area contributed by atoms with E-state index in [1.807, 2.05) is 13.8 Å². The van der Waals surface area contributed by atoms with E-state index in [9.17, 15) is 28.8 Å². The largest absolute Gasteiger partial charge is 0.458 e. The lowest BCUT2D eigenvalue weighted by atomic mass is 9.84. The quantitative estimate of drug-likeness (QED) is 0.194. The van der Waals surface area contributed by atoms with Crippen LogP contribution < -0.4 is 21.7 Å². The van der Waals surface area contributed by atoms with E-state index in [-0.39, 0.29) is 30.2 Å². The molecule has 12 heteroatoms. The molecule has 5 atom stereocenters. The molecule has 1 aliphatic heterocycles. The van der Waals surface area contributed by atoms with Gasteiger partial charge in [0.1, 0.15) is 23.7 Å². The van der Waals surface area contributed by atoms with Gasteiger partial charge in [0.05, 0.1) is 6.04 Å². The van der Waals surface area contributed by atoms with Gasteiger partial charge in [0.25, 0.3) is 5.91 Å². The van der Waals surface area contributed by atoms with Crippen LogP contribution in [0.15, 0.2) is 0 Å². The molecule has 43 heavy (non-hydrogen) atoms. The third kappa shape index (κ3) is 10.2. The number of likely N-dealkylation sites (tertiary alicyclic amines) is 1. The van der Waals surface area contributed by atoms with Crippen LogP contribution in [-0.4, -0.2) is 76.7 Å². The number of amides is 5. The molecule has 1 unspecified atom stereocenters.